The smallest absolute Gasteiger partial charge is 0.237 e. The van der Waals surface area contributed by atoms with Gasteiger partial charge in [-0.2, -0.15) is 0 Å². The van der Waals surface area contributed by atoms with Gasteiger partial charge in [0, 0.05) is 13.2 Å². The molecule has 1 saturated carbocycles. The number of hydrogen-bond acceptors (Lipinski definition) is 3. The number of carbonyl (C=O) groups is 1. The van der Waals surface area contributed by atoms with E-state index in [4.69, 9.17) is 10.5 Å². The molecule has 0 saturated heterocycles. The lowest BCUT2D eigenvalue weighted by atomic mass is 9.84. The summed E-state index contributed by atoms with van der Waals surface area (Å²) in [5, 5.41) is 3.03. The summed E-state index contributed by atoms with van der Waals surface area (Å²) in [6.07, 6.45) is 7.69. The summed E-state index contributed by atoms with van der Waals surface area (Å²) in [5.74, 6) is 0.179. The second kappa shape index (κ2) is 8.63. The van der Waals surface area contributed by atoms with Crippen molar-refractivity contribution in [2.24, 2.45) is 11.7 Å². The molecule has 4 heteroatoms. The molecular formula is C16H32N2O2. The fourth-order valence-electron chi connectivity index (χ4n) is 2.77. The van der Waals surface area contributed by atoms with Crippen LogP contribution in [0.2, 0.25) is 0 Å². The van der Waals surface area contributed by atoms with Crippen LogP contribution in [0.5, 0.6) is 0 Å². The Labute approximate surface area is 123 Å². The third-order valence-electron chi connectivity index (χ3n) is 4.52. The van der Waals surface area contributed by atoms with Gasteiger partial charge in [-0.25, -0.2) is 0 Å². The van der Waals surface area contributed by atoms with Crippen LogP contribution < -0.4 is 11.1 Å². The van der Waals surface area contributed by atoms with Gasteiger partial charge in [0.15, 0.2) is 0 Å². The standard InChI is InChI=1S/C16H32N2O2/c1-4-11-20-16(9-7-6-8-10-16)12-18-15(19)14(17)13(3)5-2/h13-14H,4-12,17H2,1-3H3,(H,18,19). The van der Waals surface area contributed by atoms with E-state index >= 15 is 0 Å². The SMILES string of the molecule is CCCOC1(CNC(=O)C(N)C(C)CC)CCCCC1. The molecule has 1 aliphatic rings. The van der Waals surface area contributed by atoms with Crippen LogP contribution in [-0.4, -0.2) is 30.7 Å². The first-order chi connectivity index (χ1) is 9.54. The first kappa shape index (κ1) is 17.4. The van der Waals surface area contributed by atoms with Crippen molar-refractivity contribution in [3.05, 3.63) is 0 Å². The summed E-state index contributed by atoms with van der Waals surface area (Å²) in [5.41, 5.74) is 5.82. The molecule has 1 fully saturated rings. The molecule has 0 radical (unpaired) electrons. The Kier molecular flexibility index (Phi) is 7.52. The maximum absolute atomic E-state index is 12.1. The minimum atomic E-state index is -0.410. The summed E-state index contributed by atoms with van der Waals surface area (Å²) < 4.78 is 6.08. The molecule has 0 aliphatic heterocycles. The first-order valence-corrected chi connectivity index (χ1v) is 8.22. The van der Waals surface area contributed by atoms with E-state index in [1.165, 1.54) is 19.3 Å². The van der Waals surface area contributed by atoms with E-state index in [0.29, 0.717) is 6.54 Å². The Balaban J connectivity index is 2.51. The number of ether oxygens (including phenoxy) is 1. The molecule has 4 nitrogen and oxygen atoms in total. The molecule has 1 amide bonds. The highest BCUT2D eigenvalue weighted by atomic mass is 16.5. The number of amides is 1. The number of hydrogen-bond donors (Lipinski definition) is 2. The maximum Gasteiger partial charge on any atom is 0.237 e. The third kappa shape index (κ3) is 5.06. The Bertz CT molecular complexity index is 288. The highest BCUT2D eigenvalue weighted by Crippen LogP contribution is 2.31. The zero-order valence-electron chi connectivity index (χ0n) is 13.4. The van der Waals surface area contributed by atoms with Gasteiger partial charge in [0.2, 0.25) is 5.91 Å². The summed E-state index contributed by atoms with van der Waals surface area (Å²) in [6.45, 7) is 7.58. The van der Waals surface area contributed by atoms with Crippen molar-refractivity contribution in [1.82, 2.24) is 5.32 Å². The van der Waals surface area contributed by atoms with Crippen LogP contribution in [0.1, 0.15) is 65.7 Å². The van der Waals surface area contributed by atoms with E-state index in [9.17, 15) is 4.79 Å². The molecule has 118 valence electrons. The quantitative estimate of drug-likeness (QED) is 0.720. The first-order valence-electron chi connectivity index (χ1n) is 8.22. The zero-order chi connectivity index (χ0) is 15.0. The molecule has 0 spiro atoms. The van der Waals surface area contributed by atoms with Crippen molar-refractivity contribution in [2.45, 2.75) is 77.4 Å². The van der Waals surface area contributed by atoms with Crippen LogP contribution in [0, 0.1) is 5.92 Å². The molecule has 0 aromatic carbocycles. The Hall–Kier alpha value is -0.610. The normalized spacial score (nSPS) is 21.2. The molecule has 1 rings (SSSR count). The minimum absolute atomic E-state index is 0.0376. The fourth-order valence-corrected chi connectivity index (χ4v) is 2.77. The van der Waals surface area contributed by atoms with E-state index in [1.54, 1.807) is 0 Å². The lowest BCUT2D eigenvalue weighted by Gasteiger charge is -2.37. The molecular weight excluding hydrogens is 252 g/mol. The van der Waals surface area contributed by atoms with Gasteiger partial charge in [-0.05, 0) is 25.2 Å². The lowest BCUT2D eigenvalue weighted by Crippen LogP contribution is -2.51. The van der Waals surface area contributed by atoms with Gasteiger partial charge in [-0.1, -0.05) is 46.5 Å². The van der Waals surface area contributed by atoms with E-state index in [-0.39, 0.29) is 17.4 Å². The summed E-state index contributed by atoms with van der Waals surface area (Å²) in [6, 6.07) is -0.410. The predicted molar refractivity (Wildman–Crippen MR) is 82.5 cm³/mol. The molecule has 1 aliphatic carbocycles. The second-order valence-electron chi connectivity index (χ2n) is 6.22. The van der Waals surface area contributed by atoms with E-state index in [2.05, 4.69) is 19.2 Å². The topological polar surface area (TPSA) is 64.3 Å². The summed E-state index contributed by atoms with van der Waals surface area (Å²) >= 11 is 0. The molecule has 0 heterocycles. The largest absolute Gasteiger partial charge is 0.373 e. The lowest BCUT2D eigenvalue weighted by molar-refractivity contribution is -0.126. The average Bonchev–Trinajstić information content (AvgIpc) is 2.50. The average molecular weight is 284 g/mol. The van der Waals surface area contributed by atoms with E-state index < -0.39 is 6.04 Å². The van der Waals surface area contributed by atoms with Gasteiger partial charge in [-0.3, -0.25) is 4.79 Å². The van der Waals surface area contributed by atoms with Gasteiger partial charge >= 0.3 is 0 Å². The second-order valence-corrected chi connectivity index (χ2v) is 6.22. The fraction of sp³-hybridized carbons (Fsp3) is 0.938. The number of rotatable bonds is 8. The Morgan fingerprint density at radius 2 is 1.95 bits per heavy atom. The van der Waals surface area contributed by atoms with Crippen LogP contribution in [-0.2, 0) is 9.53 Å². The molecule has 2 unspecified atom stereocenters. The van der Waals surface area contributed by atoms with Crippen molar-refractivity contribution in [3.63, 3.8) is 0 Å². The molecule has 0 aromatic rings. The monoisotopic (exact) mass is 284 g/mol. The highest BCUT2D eigenvalue weighted by molar-refractivity contribution is 5.81. The molecule has 0 aromatic heterocycles. The summed E-state index contributed by atoms with van der Waals surface area (Å²) in [4.78, 5) is 12.1. The molecule has 0 bridgehead atoms. The van der Waals surface area contributed by atoms with Gasteiger partial charge < -0.3 is 15.8 Å². The van der Waals surface area contributed by atoms with Crippen LogP contribution >= 0.6 is 0 Å². The summed E-state index contributed by atoms with van der Waals surface area (Å²) in [7, 11) is 0. The molecule has 20 heavy (non-hydrogen) atoms. The van der Waals surface area contributed by atoms with Gasteiger partial charge in [0.1, 0.15) is 0 Å². The van der Waals surface area contributed by atoms with E-state index in [1.807, 2.05) is 6.92 Å². The van der Waals surface area contributed by atoms with Gasteiger partial charge in [0.25, 0.3) is 0 Å². The van der Waals surface area contributed by atoms with Crippen molar-refractivity contribution in [2.75, 3.05) is 13.2 Å². The minimum Gasteiger partial charge on any atom is -0.373 e. The van der Waals surface area contributed by atoms with Crippen LogP contribution in [0.4, 0.5) is 0 Å². The van der Waals surface area contributed by atoms with Crippen LogP contribution in [0.25, 0.3) is 0 Å². The Morgan fingerprint density at radius 1 is 1.30 bits per heavy atom. The Morgan fingerprint density at radius 3 is 2.50 bits per heavy atom. The van der Waals surface area contributed by atoms with Crippen LogP contribution in [0.3, 0.4) is 0 Å². The molecule has 3 N–H and O–H groups in total. The number of nitrogens with two attached hydrogens (primary N) is 1. The van der Waals surface area contributed by atoms with Crippen LogP contribution in [0.15, 0.2) is 0 Å². The third-order valence-corrected chi connectivity index (χ3v) is 4.52. The van der Waals surface area contributed by atoms with Crippen molar-refractivity contribution in [3.8, 4) is 0 Å². The van der Waals surface area contributed by atoms with Crippen molar-refractivity contribution < 1.29 is 9.53 Å². The van der Waals surface area contributed by atoms with Gasteiger partial charge in [0.05, 0.1) is 11.6 Å². The number of carbonyl (C=O) groups excluding carboxylic acids is 1. The molecule has 2 atom stereocenters. The predicted octanol–water partition coefficient (Wildman–Crippen LogP) is 2.61. The van der Waals surface area contributed by atoms with Crippen molar-refractivity contribution >= 4 is 5.91 Å². The zero-order valence-corrected chi connectivity index (χ0v) is 13.4. The maximum atomic E-state index is 12.1. The van der Waals surface area contributed by atoms with Gasteiger partial charge in [-0.15, -0.1) is 0 Å². The highest BCUT2D eigenvalue weighted by Gasteiger charge is 2.34. The number of nitrogens with one attached hydrogen (secondary N) is 1. The van der Waals surface area contributed by atoms with Crippen molar-refractivity contribution in [1.29, 1.82) is 0 Å². The van der Waals surface area contributed by atoms with E-state index in [0.717, 1.165) is 32.3 Å².